The van der Waals surface area contributed by atoms with E-state index in [1.54, 1.807) is 0 Å². The molecule has 2 unspecified atom stereocenters. The summed E-state index contributed by atoms with van der Waals surface area (Å²) in [7, 11) is 0. The predicted molar refractivity (Wildman–Crippen MR) is 52.2 cm³/mol. The molecule has 0 N–H and O–H groups in total. The van der Waals surface area contributed by atoms with Gasteiger partial charge in [-0.1, -0.05) is 27.2 Å². The molecule has 0 aromatic carbocycles. The topological polar surface area (TPSA) is 9.23 Å². The standard InChI is InChI=1S/C11H22O/c1-4-5-10-6-7-11(9(2)3)12-8-10/h9-11H,4-8H2,1-3H3. The molecule has 1 aliphatic heterocycles. The Morgan fingerprint density at radius 3 is 2.50 bits per heavy atom. The molecule has 2 atom stereocenters. The molecule has 0 amide bonds. The molecule has 1 heteroatoms. The van der Waals surface area contributed by atoms with E-state index in [9.17, 15) is 0 Å². The van der Waals surface area contributed by atoms with Crippen LogP contribution in [0.15, 0.2) is 0 Å². The van der Waals surface area contributed by atoms with Crippen LogP contribution in [-0.2, 0) is 4.74 Å². The highest BCUT2D eigenvalue weighted by molar-refractivity contribution is 4.72. The second kappa shape index (κ2) is 4.86. The summed E-state index contributed by atoms with van der Waals surface area (Å²) in [5.41, 5.74) is 0. The lowest BCUT2D eigenvalue weighted by Crippen LogP contribution is -2.29. The first-order valence-electron chi connectivity index (χ1n) is 5.35. The Labute approximate surface area is 76.5 Å². The average molecular weight is 170 g/mol. The highest BCUT2D eigenvalue weighted by Crippen LogP contribution is 2.26. The second-order valence-corrected chi connectivity index (χ2v) is 4.35. The Morgan fingerprint density at radius 2 is 2.08 bits per heavy atom. The van der Waals surface area contributed by atoms with Gasteiger partial charge in [-0.15, -0.1) is 0 Å². The van der Waals surface area contributed by atoms with Crippen molar-refractivity contribution in [3.63, 3.8) is 0 Å². The van der Waals surface area contributed by atoms with Gasteiger partial charge in [0.1, 0.15) is 0 Å². The first-order chi connectivity index (χ1) is 5.74. The first-order valence-corrected chi connectivity index (χ1v) is 5.35. The Bertz CT molecular complexity index is 112. The fourth-order valence-corrected chi connectivity index (χ4v) is 1.99. The normalized spacial score (nSPS) is 31.0. The summed E-state index contributed by atoms with van der Waals surface area (Å²) in [6.45, 7) is 7.78. The van der Waals surface area contributed by atoms with Gasteiger partial charge in [0.05, 0.1) is 6.10 Å². The van der Waals surface area contributed by atoms with Gasteiger partial charge in [-0.05, 0) is 31.1 Å². The molecular formula is C11H22O. The van der Waals surface area contributed by atoms with Crippen molar-refractivity contribution >= 4 is 0 Å². The van der Waals surface area contributed by atoms with Gasteiger partial charge in [0.2, 0.25) is 0 Å². The summed E-state index contributed by atoms with van der Waals surface area (Å²) in [4.78, 5) is 0. The summed E-state index contributed by atoms with van der Waals surface area (Å²) in [5.74, 6) is 1.55. The lowest BCUT2D eigenvalue weighted by Gasteiger charge is -2.31. The van der Waals surface area contributed by atoms with E-state index >= 15 is 0 Å². The van der Waals surface area contributed by atoms with Crippen LogP contribution in [0.1, 0.15) is 46.5 Å². The molecule has 1 nitrogen and oxygen atoms in total. The summed E-state index contributed by atoms with van der Waals surface area (Å²) in [6.07, 6.45) is 5.86. The molecular weight excluding hydrogens is 148 g/mol. The Kier molecular flexibility index (Phi) is 4.07. The van der Waals surface area contributed by atoms with Crippen LogP contribution in [0.4, 0.5) is 0 Å². The van der Waals surface area contributed by atoms with Gasteiger partial charge in [-0.2, -0.15) is 0 Å². The number of hydrogen-bond acceptors (Lipinski definition) is 1. The van der Waals surface area contributed by atoms with E-state index in [1.807, 2.05) is 0 Å². The molecule has 72 valence electrons. The largest absolute Gasteiger partial charge is 0.378 e. The van der Waals surface area contributed by atoms with Crippen molar-refractivity contribution in [3.05, 3.63) is 0 Å². The molecule has 1 saturated heterocycles. The van der Waals surface area contributed by atoms with Gasteiger partial charge in [-0.3, -0.25) is 0 Å². The van der Waals surface area contributed by atoms with Crippen molar-refractivity contribution in [3.8, 4) is 0 Å². The zero-order valence-electron chi connectivity index (χ0n) is 8.68. The van der Waals surface area contributed by atoms with Crippen molar-refractivity contribution < 1.29 is 4.74 Å². The predicted octanol–water partition coefficient (Wildman–Crippen LogP) is 3.24. The highest BCUT2D eigenvalue weighted by Gasteiger charge is 2.22. The van der Waals surface area contributed by atoms with Gasteiger partial charge < -0.3 is 4.74 Å². The highest BCUT2D eigenvalue weighted by atomic mass is 16.5. The van der Waals surface area contributed by atoms with Crippen molar-refractivity contribution in [1.29, 1.82) is 0 Å². The van der Waals surface area contributed by atoms with Gasteiger partial charge in [0.25, 0.3) is 0 Å². The van der Waals surface area contributed by atoms with E-state index < -0.39 is 0 Å². The van der Waals surface area contributed by atoms with E-state index in [-0.39, 0.29) is 0 Å². The molecule has 1 fully saturated rings. The average Bonchev–Trinajstić information content (AvgIpc) is 2.06. The van der Waals surface area contributed by atoms with E-state index in [2.05, 4.69) is 20.8 Å². The van der Waals surface area contributed by atoms with Crippen molar-refractivity contribution in [2.75, 3.05) is 6.61 Å². The molecule has 1 rings (SSSR count). The smallest absolute Gasteiger partial charge is 0.0598 e. The van der Waals surface area contributed by atoms with Crippen LogP contribution in [0.5, 0.6) is 0 Å². The van der Waals surface area contributed by atoms with Crippen LogP contribution in [0.3, 0.4) is 0 Å². The van der Waals surface area contributed by atoms with Gasteiger partial charge >= 0.3 is 0 Å². The zero-order valence-corrected chi connectivity index (χ0v) is 8.68. The minimum atomic E-state index is 0.540. The molecule has 0 aliphatic carbocycles. The van der Waals surface area contributed by atoms with Crippen LogP contribution < -0.4 is 0 Å². The minimum Gasteiger partial charge on any atom is -0.378 e. The zero-order chi connectivity index (χ0) is 8.97. The molecule has 0 aromatic heterocycles. The second-order valence-electron chi connectivity index (χ2n) is 4.35. The third-order valence-corrected chi connectivity index (χ3v) is 2.85. The lowest BCUT2D eigenvalue weighted by molar-refractivity contribution is -0.0412. The molecule has 1 aliphatic rings. The Hall–Kier alpha value is -0.0400. The molecule has 0 radical (unpaired) electrons. The molecule has 0 spiro atoms. The fourth-order valence-electron chi connectivity index (χ4n) is 1.99. The molecule has 0 bridgehead atoms. The lowest BCUT2D eigenvalue weighted by atomic mass is 9.91. The van der Waals surface area contributed by atoms with E-state index in [1.165, 1.54) is 25.7 Å². The Balaban J connectivity index is 2.20. The van der Waals surface area contributed by atoms with Crippen LogP contribution in [0, 0.1) is 11.8 Å². The molecule has 0 saturated carbocycles. The van der Waals surface area contributed by atoms with Crippen LogP contribution in [-0.4, -0.2) is 12.7 Å². The number of rotatable bonds is 3. The van der Waals surface area contributed by atoms with Crippen LogP contribution in [0.25, 0.3) is 0 Å². The van der Waals surface area contributed by atoms with E-state index in [0.717, 1.165) is 12.5 Å². The Morgan fingerprint density at radius 1 is 1.33 bits per heavy atom. The monoisotopic (exact) mass is 170 g/mol. The molecule has 0 aromatic rings. The summed E-state index contributed by atoms with van der Waals surface area (Å²) < 4.78 is 5.80. The summed E-state index contributed by atoms with van der Waals surface area (Å²) in [6, 6.07) is 0. The summed E-state index contributed by atoms with van der Waals surface area (Å²) in [5, 5.41) is 0. The van der Waals surface area contributed by atoms with Crippen LogP contribution in [0.2, 0.25) is 0 Å². The quantitative estimate of drug-likeness (QED) is 0.632. The van der Waals surface area contributed by atoms with Gasteiger partial charge in [-0.25, -0.2) is 0 Å². The number of ether oxygens (including phenoxy) is 1. The fraction of sp³-hybridized carbons (Fsp3) is 1.00. The minimum absolute atomic E-state index is 0.540. The molecule has 12 heavy (non-hydrogen) atoms. The summed E-state index contributed by atoms with van der Waals surface area (Å²) >= 11 is 0. The maximum Gasteiger partial charge on any atom is 0.0598 e. The number of hydrogen-bond donors (Lipinski definition) is 0. The van der Waals surface area contributed by atoms with E-state index in [0.29, 0.717) is 12.0 Å². The SMILES string of the molecule is CCCC1CCC(C(C)C)OC1. The maximum atomic E-state index is 5.80. The van der Waals surface area contributed by atoms with Gasteiger partial charge in [0, 0.05) is 6.61 Å². The van der Waals surface area contributed by atoms with Gasteiger partial charge in [0.15, 0.2) is 0 Å². The first kappa shape index (κ1) is 10.0. The van der Waals surface area contributed by atoms with Crippen LogP contribution >= 0.6 is 0 Å². The molecule has 1 heterocycles. The van der Waals surface area contributed by atoms with Crippen molar-refractivity contribution in [1.82, 2.24) is 0 Å². The van der Waals surface area contributed by atoms with E-state index in [4.69, 9.17) is 4.74 Å². The maximum absolute atomic E-state index is 5.80. The third kappa shape index (κ3) is 2.78. The third-order valence-electron chi connectivity index (χ3n) is 2.85. The van der Waals surface area contributed by atoms with Crippen molar-refractivity contribution in [2.45, 2.75) is 52.6 Å². The van der Waals surface area contributed by atoms with Crippen molar-refractivity contribution in [2.24, 2.45) is 11.8 Å².